The molecule has 0 aromatic carbocycles. The molecule has 132 valence electrons. The summed E-state index contributed by atoms with van der Waals surface area (Å²) in [5.41, 5.74) is 0.665. The van der Waals surface area contributed by atoms with Crippen molar-refractivity contribution in [1.82, 2.24) is 9.88 Å². The Morgan fingerprint density at radius 1 is 1.46 bits per heavy atom. The second kappa shape index (κ2) is 6.78. The minimum atomic E-state index is -3.31. The zero-order chi connectivity index (χ0) is 17.2. The van der Waals surface area contributed by atoms with Crippen LogP contribution in [-0.4, -0.2) is 67.6 Å². The molecular formula is C16H22N2O5S. The monoisotopic (exact) mass is 354 g/mol. The van der Waals surface area contributed by atoms with E-state index >= 15 is 0 Å². The van der Waals surface area contributed by atoms with E-state index in [0.29, 0.717) is 26.3 Å². The van der Waals surface area contributed by atoms with Crippen LogP contribution in [0.25, 0.3) is 0 Å². The lowest BCUT2D eigenvalue weighted by Crippen LogP contribution is -2.38. The molecule has 24 heavy (non-hydrogen) atoms. The SMILES string of the molecule is CS(=O)(=O)CC(=O)N1CC[C@]2(C[C@@H](OCc3ccncc3)CO2)C1. The van der Waals surface area contributed by atoms with Crippen LogP contribution in [0, 0.1) is 0 Å². The average molecular weight is 354 g/mol. The Kier molecular flexibility index (Phi) is 4.89. The first-order valence-corrected chi connectivity index (χ1v) is 10.0. The van der Waals surface area contributed by atoms with Crippen molar-refractivity contribution in [3.05, 3.63) is 30.1 Å². The average Bonchev–Trinajstić information content (AvgIpc) is 3.12. The third-order valence-corrected chi connectivity index (χ3v) is 5.24. The summed E-state index contributed by atoms with van der Waals surface area (Å²) in [6.45, 7) is 1.98. The van der Waals surface area contributed by atoms with E-state index < -0.39 is 21.2 Å². The summed E-state index contributed by atoms with van der Waals surface area (Å²) in [4.78, 5) is 17.6. The summed E-state index contributed by atoms with van der Waals surface area (Å²) in [5.74, 6) is -0.787. The Hall–Kier alpha value is -1.51. The number of pyridine rings is 1. The number of sulfone groups is 1. The molecule has 2 fully saturated rings. The van der Waals surface area contributed by atoms with Gasteiger partial charge in [0.25, 0.3) is 0 Å². The molecule has 1 aromatic rings. The molecule has 2 saturated heterocycles. The first kappa shape index (κ1) is 17.3. The van der Waals surface area contributed by atoms with Gasteiger partial charge in [0, 0.05) is 38.2 Å². The number of hydrogen-bond donors (Lipinski definition) is 0. The minimum absolute atomic E-state index is 0.0110. The van der Waals surface area contributed by atoms with Gasteiger partial charge in [0.1, 0.15) is 5.75 Å². The Morgan fingerprint density at radius 2 is 2.21 bits per heavy atom. The van der Waals surface area contributed by atoms with Gasteiger partial charge in [0.05, 0.1) is 24.9 Å². The number of nitrogens with zero attached hydrogens (tertiary/aromatic N) is 2. The maximum absolute atomic E-state index is 12.0. The Balaban J connectivity index is 1.51. The van der Waals surface area contributed by atoms with E-state index in [1.807, 2.05) is 12.1 Å². The number of ether oxygens (including phenoxy) is 2. The molecule has 1 aromatic heterocycles. The highest BCUT2D eigenvalue weighted by Gasteiger charge is 2.47. The standard InChI is InChI=1S/C16H22N2O5S/c1-24(20,21)11-15(19)18-7-4-16(12-18)8-14(10-23-16)22-9-13-2-5-17-6-3-13/h2-3,5-6,14H,4,7-12H2,1H3/t14-,16+/m1/s1. The number of likely N-dealkylation sites (tertiary alicyclic amines) is 1. The van der Waals surface area contributed by atoms with Gasteiger partial charge < -0.3 is 14.4 Å². The number of hydrogen-bond acceptors (Lipinski definition) is 6. The van der Waals surface area contributed by atoms with E-state index in [1.54, 1.807) is 17.3 Å². The van der Waals surface area contributed by atoms with Gasteiger partial charge in [0.2, 0.25) is 5.91 Å². The van der Waals surface area contributed by atoms with Crippen LogP contribution in [0.4, 0.5) is 0 Å². The Morgan fingerprint density at radius 3 is 2.92 bits per heavy atom. The molecule has 0 N–H and O–H groups in total. The third-order valence-electron chi connectivity index (χ3n) is 4.46. The topological polar surface area (TPSA) is 85.8 Å². The molecule has 2 atom stereocenters. The van der Waals surface area contributed by atoms with Gasteiger partial charge in [-0.2, -0.15) is 0 Å². The number of aromatic nitrogens is 1. The molecule has 1 spiro atoms. The first-order chi connectivity index (χ1) is 11.4. The fourth-order valence-electron chi connectivity index (χ4n) is 3.26. The van der Waals surface area contributed by atoms with Gasteiger partial charge in [-0.15, -0.1) is 0 Å². The van der Waals surface area contributed by atoms with Crippen LogP contribution in [0.1, 0.15) is 18.4 Å². The van der Waals surface area contributed by atoms with Crippen molar-refractivity contribution in [1.29, 1.82) is 0 Å². The Bertz CT molecular complexity index is 694. The van der Waals surface area contributed by atoms with E-state index in [-0.39, 0.29) is 12.0 Å². The lowest BCUT2D eigenvalue weighted by atomic mass is 9.98. The van der Waals surface area contributed by atoms with Crippen LogP contribution >= 0.6 is 0 Å². The van der Waals surface area contributed by atoms with Crippen molar-refractivity contribution in [2.24, 2.45) is 0 Å². The summed E-state index contributed by atoms with van der Waals surface area (Å²) in [6.07, 6.45) is 5.97. The summed E-state index contributed by atoms with van der Waals surface area (Å²) in [7, 11) is -3.31. The maximum Gasteiger partial charge on any atom is 0.237 e. The van der Waals surface area contributed by atoms with E-state index in [1.165, 1.54) is 0 Å². The third kappa shape index (κ3) is 4.31. The number of amides is 1. The maximum atomic E-state index is 12.0. The fourth-order valence-corrected chi connectivity index (χ4v) is 3.89. The summed E-state index contributed by atoms with van der Waals surface area (Å²) >= 11 is 0. The van der Waals surface area contributed by atoms with Crippen LogP contribution in [0.5, 0.6) is 0 Å². The highest BCUT2D eigenvalue weighted by Crippen LogP contribution is 2.36. The van der Waals surface area contributed by atoms with Crippen molar-refractivity contribution < 1.29 is 22.7 Å². The molecule has 0 bridgehead atoms. The second-order valence-corrected chi connectivity index (χ2v) is 8.76. The van der Waals surface area contributed by atoms with E-state index in [4.69, 9.17) is 9.47 Å². The van der Waals surface area contributed by atoms with E-state index in [2.05, 4.69) is 4.98 Å². The molecule has 7 nitrogen and oxygen atoms in total. The van der Waals surface area contributed by atoms with Crippen molar-refractivity contribution in [3.8, 4) is 0 Å². The number of rotatable bonds is 5. The minimum Gasteiger partial charge on any atom is -0.371 e. The van der Waals surface area contributed by atoms with Gasteiger partial charge >= 0.3 is 0 Å². The number of carbonyl (C=O) groups is 1. The molecule has 0 saturated carbocycles. The van der Waals surface area contributed by atoms with Crippen LogP contribution in [0.3, 0.4) is 0 Å². The lowest BCUT2D eigenvalue weighted by molar-refractivity contribution is -0.128. The molecule has 2 aliphatic rings. The highest BCUT2D eigenvalue weighted by molar-refractivity contribution is 7.91. The summed E-state index contributed by atoms with van der Waals surface area (Å²) in [5, 5.41) is 0. The van der Waals surface area contributed by atoms with Crippen LogP contribution in [0.15, 0.2) is 24.5 Å². The van der Waals surface area contributed by atoms with E-state index in [0.717, 1.165) is 24.7 Å². The van der Waals surface area contributed by atoms with Crippen LogP contribution in [0.2, 0.25) is 0 Å². The van der Waals surface area contributed by atoms with Crippen molar-refractivity contribution in [2.45, 2.75) is 31.2 Å². The zero-order valence-corrected chi connectivity index (χ0v) is 14.5. The second-order valence-electron chi connectivity index (χ2n) is 6.62. The quantitative estimate of drug-likeness (QED) is 0.761. The molecule has 1 amide bonds. The van der Waals surface area contributed by atoms with Gasteiger partial charge in [-0.25, -0.2) is 8.42 Å². The molecule has 2 aliphatic heterocycles. The molecule has 0 radical (unpaired) electrons. The van der Waals surface area contributed by atoms with Crippen molar-refractivity contribution in [2.75, 3.05) is 31.7 Å². The van der Waals surface area contributed by atoms with Crippen LogP contribution < -0.4 is 0 Å². The Labute approximate surface area is 141 Å². The van der Waals surface area contributed by atoms with Gasteiger partial charge in [-0.1, -0.05) is 0 Å². The molecule has 8 heteroatoms. The molecule has 0 unspecified atom stereocenters. The summed E-state index contributed by atoms with van der Waals surface area (Å²) < 4.78 is 34.4. The van der Waals surface area contributed by atoms with Gasteiger partial charge in [-0.3, -0.25) is 9.78 Å². The predicted molar refractivity (Wildman–Crippen MR) is 87.0 cm³/mol. The zero-order valence-electron chi connectivity index (χ0n) is 13.7. The molecule has 0 aliphatic carbocycles. The number of carbonyl (C=O) groups excluding carboxylic acids is 1. The van der Waals surface area contributed by atoms with Gasteiger partial charge in [0.15, 0.2) is 9.84 Å². The van der Waals surface area contributed by atoms with E-state index in [9.17, 15) is 13.2 Å². The smallest absolute Gasteiger partial charge is 0.237 e. The summed E-state index contributed by atoms with van der Waals surface area (Å²) in [6, 6.07) is 3.82. The fraction of sp³-hybridized carbons (Fsp3) is 0.625. The normalized spacial score (nSPS) is 27.0. The highest BCUT2D eigenvalue weighted by atomic mass is 32.2. The predicted octanol–water partition coefficient (Wildman–Crippen LogP) is 0.403. The molecule has 3 rings (SSSR count). The van der Waals surface area contributed by atoms with Gasteiger partial charge in [-0.05, 0) is 24.1 Å². The van der Waals surface area contributed by atoms with Crippen molar-refractivity contribution in [3.63, 3.8) is 0 Å². The van der Waals surface area contributed by atoms with Crippen LogP contribution in [-0.2, 0) is 30.7 Å². The first-order valence-electron chi connectivity index (χ1n) is 7.95. The molecular weight excluding hydrogens is 332 g/mol. The largest absolute Gasteiger partial charge is 0.371 e. The lowest BCUT2D eigenvalue weighted by Gasteiger charge is -2.23. The van der Waals surface area contributed by atoms with Crippen molar-refractivity contribution >= 4 is 15.7 Å². The molecule has 3 heterocycles.